The summed E-state index contributed by atoms with van der Waals surface area (Å²) < 4.78 is 0. The largest absolute Gasteiger partial charge is 0.478 e. The lowest BCUT2D eigenvalue weighted by Crippen LogP contribution is -2.37. The summed E-state index contributed by atoms with van der Waals surface area (Å²) in [5.41, 5.74) is 0.0576. The Labute approximate surface area is 110 Å². The number of carbonyl (C=O) groups is 1. The summed E-state index contributed by atoms with van der Waals surface area (Å²) in [6, 6.07) is 1.47. The van der Waals surface area contributed by atoms with Crippen molar-refractivity contribution in [2.24, 2.45) is 5.92 Å². The van der Waals surface area contributed by atoms with Gasteiger partial charge in [0.2, 0.25) is 0 Å². The smallest absolute Gasteiger partial charge is 0.337 e. The number of pyridine rings is 1. The lowest BCUT2D eigenvalue weighted by Gasteiger charge is -2.34. The van der Waals surface area contributed by atoms with Gasteiger partial charge in [0.05, 0.1) is 16.7 Å². The molecule has 6 heteroatoms. The summed E-state index contributed by atoms with van der Waals surface area (Å²) in [7, 11) is 1.85. The van der Waals surface area contributed by atoms with E-state index in [9.17, 15) is 9.90 Å². The Morgan fingerprint density at radius 2 is 2.28 bits per heavy atom. The maximum Gasteiger partial charge on any atom is 0.337 e. The van der Waals surface area contributed by atoms with Gasteiger partial charge in [-0.2, -0.15) is 0 Å². The van der Waals surface area contributed by atoms with Crippen LogP contribution < -0.4 is 4.90 Å². The number of hydrogen-bond donors (Lipinski definition) is 2. The monoisotopic (exact) mass is 270 g/mol. The maximum atomic E-state index is 11.0. The molecule has 0 aromatic carbocycles. The first kappa shape index (κ1) is 13.1. The number of halogens is 1. The summed E-state index contributed by atoms with van der Waals surface area (Å²) in [5.74, 6) is -0.0370. The highest BCUT2D eigenvalue weighted by Gasteiger charge is 2.28. The van der Waals surface area contributed by atoms with Crippen LogP contribution in [0.15, 0.2) is 12.3 Å². The Bertz CT molecular complexity index is 461. The van der Waals surface area contributed by atoms with E-state index in [4.69, 9.17) is 16.7 Å². The molecule has 98 valence electrons. The van der Waals surface area contributed by atoms with Gasteiger partial charge in [-0.25, -0.2) is 9.78 Å². The van der Waals surface area contributed by atoms with Gasteiger partial charge in [0.1, 0.15) is 5.82 Å². The Hall–Kier alpha value is -1.33. The van der Waals surface area contributed by atoms with Crippen LogP contribution in [0.1, 0.15) is 23.2 Å². The van der Waals surface area contributed by atoms with E-state index >= 15 is 0 Å². The van der Waals surface area contributed by atoms with Crippen LogP contribution in [-0.2, 0) is 0 Å². The van der Waals surface area contributed by atoms with Crippen molar-refractivity contribution < 1.29 is 15.0 Å². The van der Waals surface area contributed by atoms with Gasteiger partial charge < -0.3 is 15.1 Å². The van der Waals surface area contributed by atoms with Crippen LogP contribution in [0, 0.1) is 5.92 Å². The highest BCUT2D eigenvalue weighted by molar-refractivity contribution is 6.33. The molecule has 1 aliphatic rings. The Morgan fingerprint density at radius 3 is 2.83 bits per heavy atom. The highest BCUT2D eigenvalue weighted by atomic mass is 35.5. The van der Waals surface area contributed by atoms with Gasteiger partial charge in [-0.15, -0.1) is 0 Å². The van der Waals surface area contributed by atoms with Crippen LogP contribution in [0.4, 0.5) is 5.82 Å². The average molecular weight is 271 g/mol. The van der Waals surface area contributed by atoms with Gasteiger partial charge in [0, 0.05) is 19.8 Å². The summed E-state index contributed by atoms with van der Waals surface area (Å²) in [4.78, 5) is 17.0. The molecule has 0 radical (unpaired) electrons. The molecule has 1 aromatic rings. The van der Waals surface area contributed by atoms with Crippen molar-refractivity contribution in [3.63, 3.8) is 0 Å². The molecule has 1 aromatic heterocycles. The normalized spacial score (nSPS) is 22.4. The fraction of sp³-hybridized carbons (Fsp3) is 0.500. The number of anilines is 1. The Kier molecular flexibility index (Phi) is 3.73. The third-order valence-electron chi connectivity index (χ3n) is 3.21. The number of carboxylic acids is 1. The predicted molar refractivity (Wildman–Crippen MR) is 68.2 cm³/mol. The molecule has 0 amide bonds. The number of nitrogens with zero attached hydrogens (tertiary/aromatic N) is 2. The van der Waals surface area contributed by atoms with Crippen molar-refractivity contribution in [1.29, 1.82) is 0 Å². The SMILES string of the molecule is CN(CC1CC(O)C1)c1cc(C(=O)O)c(Cl)cn1. The molecule has 1 aliphatic carbocycles. The number of carboxylic acid groups (broad SMARTS) is 1. The molecule has 5 nitrogen and oxygen atoms in total. The Morgan fingerprint density at radius 1 is 1.61 bits per heavy atom. The molecule has 0 aliphatic heterocycles. The summed E-state index contributed by atoms with van der Waals surface area (Å²) in [6.07, 6.45) is 2.76. The minimum absolute atomic E-state index is 0.0576. The number of hydrogen-bond acceptors (Lipinski definition) is 4. The zero-order valence-corrected chi connectivity index (χ0v) is 10.8. The van der Waals surface area contributed by atoms with Gasteiger partial charge in [-0.05, 0) is 24.8 Å². The molecule has 18 heavy (non-hydrogen) atoms. The van der Waals surface area contributed by atoms with Gasteiger partial charge in [0.25, 0.3) is 0 Å². The van der Waals surface area contributed by atoms with Crippen molar-refractivity contribution in [3.8, 4) is 0 Å². The quantitative estimate of drug-likeness (QED) is 0.870. The van der Waals surface area contributed by atoms with E-state index in [-0.39, 0.29) is 16.7 Å². The molecule has 0 atom stereocenters. The minimum Gasteiger partial charge on any atom is -0.478 e. The third-order valence-corrected chi connectivity index (χ3v) is 3.51. The van der Waals surface area contributed by atoms with Crippen LogP contribution in [-0.4, -0.2) is 40.9 Å². The van der Waals surface area contributed by atoms with Crippen LogP contribution in [0.5, 0.6) is 0 Å². The zero-order chi connectivity index (χ0) is 13.3. The van der Waals surface area contributed by atoms with Crippen molar-refractivity contribution in [3.05, 3.63) is 22.8 Å². The number of aromatic nitrogens is 1. The second kappa shape index (κ2) is 5.12. The van der Waals surface area contributed by atoms with Crippen LogP contribution >= 0.6 is 11.6 Å². The third kappa shape index (κ3) is 2.73. The molecule has 0 unspecified atom stereocenters. The first-order valence-corrected chi connectivity index (χ1v) is 6.13. The lowest BCUT2D eigenvalue weighted by atomic mass is 9.82. The first-order valence-electron chi connectivity index (χ1n) is 5.75. The highest BCUT2D eigenvalue weighted by Crippen LogP contribution is 2.29. The van der Waals surface area contributed by atoms with E-state index in [1.807, 2.05) is 11.9 Å². The molecule has 0 spiro atoms. The van der Waals surface area contributed by atoms with E-state index in [0.29, 0.717) is 11.7 Å². The molecule has 1 heterocycles. The van der Waals surface area contributed by atoms with Crippen molar-refractivity contribution >= 4 is 23.4 Å². The van der Waals surface area contributed by atoms with E-state index in [1.165, 1.54) is 12.3 Å². The van der Waals surface area contributed by atoms with Crippen molar-refractivity contribution in [2.45, 2.75) is 18.9 Å². The molecular weight excluding hydrogens is 256 g/mol. The molecule has 2 rings (SSSR count). The molecule has 0 saturated heterocycles. The summed E-state index contributed by atoms with van der Waals surface area (Å²) in [5, 5.41) is 18.3. The standard InChI is InChI=1S/C12H15ClN2O3/c1-15(6-7-2-8(16)3-7)11-4-9(12(17)18)10(13)5-14-11/h4-5,7-8,16H,2-3,6H2,1H3,(H,17,18). The number of rotatable bonds is 4. The van der Waals surface area contributed by atoms with E-state index < -0.39 is 5.97 Å². The van der Waals surface area contributed by atoms with Crippen LogP contribution in [0.25, 0.3) is 0 Å². The molecule has 2 N–H and O–H groups in total. The molecule has 1 saturated carbocycles. The minimum atomic E-state index is -1.06. The van der Waals surface area contributed by atoms with Gasteiger partial charge in [-0.3, -0.25) is 0 Å². The fourth-order valence-electron chi connectivity index (χ4n) is 2.13. The first-order chi connectivity index (χ1) is 8.47. The maximum absolute atomic E-state index is 11.0. The second-order valence-corrected chi connectivity index (χ2v) is 5.11. The summed E-state index contributed by atoms with van der Waals surface area (Å²) >= 11 is 5.76. The Balaban J connectivity index is 2.08. The van der Waals surface area contributed by atoms with Crippen molar-refractivity contribution in [1.82, 2.24) is 4.98 Å². The number of aliphatic hydroxyl groups excluding tert-OH is 1. The van der Waals surface area contributed by atoms with Gasteiger partial charge in [0.15, 0.2) is 0 Å². The van der Waals surface area contributed by atoms with E-state index in [2.05, 4.69) is 4.98 Å². The van der Waals surface area contributed by atoms with Gasteiger partial charge >= 0.3 is 5.97 Å². The number of aromatic carboxylic acids is 1. The topological polar surface area (TPSA) is 73.7 Å². The zero-order valence-electron chi connectivity index (χ0n) is 10.0. The average Bonchev–Trinajstić information content (AvgIpc) is 2.27. The van der Waals surface area contributed by atoms with Crippen molar-refractivity contribution in [2.75, 3.05) is 18.5 Å². The van der Waals surface area contributed by atoms with E-state index in [1.54, 1.807) is 0 Å². The number of aliphatic hydroxyl groups is 1. The molecular formula is C12H15ClN2O3. The molecule has 1 fully saturated rings. The van der Waals surface area contributed by atoms with Crippen LogP contribution in [0.2, 0.25) is 5.02 Å². The molecule has 0 bridgehead atoms. The summed E-state index contributed by atoms with van der Waals surface area (Å²) in [6.45, 7) is 0.755. The van der Waals surface area contributed by atoms with Gasteiger partial charge in [-0.1, -0.05) is 11.6 Å². The van der Waals surface area contributed by atoms with Crippen LogP contribution in [0.3, 0.4) is 0 Å². The fourth-order valence-corrected chi connectivity index (χ4v) is 2.31. The lowest BCUT2D eigenvalue weighted by molar-refractivity contribution is 0.0464. The van der Waals surface area contributed by atoms with E-state index in [0.717, 1.165) is 19.4 Å². The second-order valence-electron chi connectivity index (χ2n) is 4.70. The predicted octanol–water partition coefficient (Wildman–Crippen LogP) is 1.64.